The first kappa shape index (κ1) is 27.2. The van der Waals surface area contributed by atoms with Gasteiger partial charge in [0.05, 0.1) is 25.4 Å². The standard InChI is InChI=1S/C26H33NO7S/c1-17-22(16-35-14-13-28)33-26(34-25(17)19-7-5-18(15-29)6-8-19)20-9-11-21(12-10-20)27-23(30)3-2-4-24(31)32/h5-12,17,22,25-26,28-29H,2-4,13-16H2,1H3,(H,27,30)(H,31,32). The highest BCUT2D eigenvalue weighted by molar-refractivity contribution is 7.99. The first-order chi connectivity index (χ1) is 16.9. The lowest BCUT2D eigenvalue weighted by molar-refractivity contribution is -0.268. The number of anilines is 1. The van der Waals surface area contributed by atoms with Gasteiger partial charge in [0.15, 0.2) is 6.29 Å². The third-order valence-electron chi connectivity index (χ3n) is 5.90. The largest absolute Gasteiger partial charge is 0.481 e. The van der Waals surface area contributed by atoms with Crippen molar-refractivity contribution in [2.45, 2.75) is 51.3 Å². The Morgan fingerprint density at radius 3 is 2.29 bits per heavy atom. The summed E-state index contributed by atoms with van der Waals surface area (Å²) in [6, 6.07) is 14.9. The number of aliphatic hydroxyl groups excluding tert-OH is 2. The molecule has 1 saturated heterocycles. The van der Waals surface area contributed by atoms with Crippen LogP contribution in [0.4, 0.5) is 5.69 Å². The predicted molar refractivity (Wildman–Crippen MR) is 134 cm³/mol. The van der Waals surface area contributed by atoms with Crippen LogP contribution in [0.5, 0.6) is 0 Å². The molecule has 4 N–H and O–H groups in total. The van der Waals surface area contributed by atoms with Crippen molar-refractivity contribution >= 4 is 29.3 Å². The van der Waals surface area contributed by atoms with Crippen molar-refractivity contribution in [3.63, 3.8) is 0 Å². The number of hydrogen-bond donors (Lipinski definition) is 4. The Bertz CT molecular complexity index is 951. The predicted octanol–water partition coefficient (Wildman–Crippen LogP) is 3.89. The summed E-state index contributed by atoms with van der Waals surface area (Å²) in [6.45, 7) is 2.19. The molecule has 8 nitrogen and oxygen atoms in total. The minimum atomic E-state index is -0.917. The molecule has 0 radical (unpaired) electrons. The van der Waals surface area contributed by atoms with Crippen LogP contribution in [0.25, 0.3) is 0 Å². The van der Waals surface area contributed by atoms with Crippen molar-refractivity contribution in [2.24, 2.45) is 5.92 Å². The number of aliphatic carboxylic acids is 1. The van der Waals surface area contributed by atoms with Crippen LogP contribution < -0.4 is 5.32 Å². The summed E-state index contributed by atoms with van der Waals surface area (Å²) < 4.78 is 12.7. The van der Waals surface area contributed by atoms with E-state index in [0.717, 1.165) is 22.4 Å². The number of amides is 1. The highest BCUT2D eigenvalue weighted by atomic mass is 32.2. The summed E-state index contributed by atoms with van der Waals surface area (Å²) in [6.07, 6.45) is -0.518. The van der Waals surface area contributed by atoms with Crippen molar-refractivity contribution in [1.82, 2.24) is 0 Å². The molecule has 35 heavy (non-hydrogen) atoms. The molecule has 1 amide bonds. The Labute approximate surface area is 209 Å². The number of rotatable bonds is 12. The minimum absolute atomic E-state index is 0.0179. The average molecular weight is 504 g/mol. The molecule has 4 unspecified atom stereocenters. The molecule has 2 aromatic rings. The van der Waals surface area contributed by atoms with Gasteiger partial charge in [-0.3, -0.25) is 9.59 Å². The lowest BCUT2D eigenvalue weighted by Gasteiger charge is -2.41. The van der Waals surface area contributed by atoms with Gasteiger partial charge in [-0.15, -0.1) is 0 Å². The Morgan fingerprint density at radius 2 is 1.66 bits per heavy atom. The maximum absolute atomic E-state index is 12.0. The van der Waals surface area contributed by atoms with Crippen LogP contribution in [-0.4, -0.2) is 51.4 Å². The SMILES string of the molecule is CC1C(CSCCO)OC(c2ccc(NC(=O)CCCC(=O)O)cc2)OC1c1ccc(CO)cc1. The molecule has 1 fully saturated rings. The van der Waals surface area contributed by atoms with Gasteiger partial charge in [0.2, 0.25) is 5.91 Å². The van der Waals surface area contributed by atoms with Crippen molar-refractivity contribution in [3.8, 4) is 0 Å². The van der Waals surface area contributed by atoms with Crippen molar-refractivity contribution < 1.29 is 34.4 Å². The summed E-state index contributed by atoms with van der Waals surface area (Å²) in [7, 11) is 0. The highest BCUT2D eigenvalue weighted by Gasteiger charge is 2.38. The number of hydrogen-bond acceptors (Lipinski definition) is 7. The van der Waals surface area contributed by atoms with E-state index < -0.39 is 12.3 Å². The first-order valence-corrected chi connectivity index (χ1v) is 12.9. The second kappa shape index (κ2) is 13.6. The third kappa shape index (κ3) is 8.05. The Kier molecular flexibility index (Phi) is 10.6. The molecule has 0 saturated carbocycles. The fraction of sp³-hybridized carbons (Fsp3) is 0.462. The number of aliphatic hydroxyl groups is 2. The monoisotopic (exact) mass is 503 g/mol. The number of nitrogens with one attached hydrogen (secondary N) is 1. The second-order valence-electron chi connectivity index (χ2n) is 8.54. The van der Waals surface area contributed by atoms with Gasteiger partial charge in [-0.1, -0.05) is 43.3 Å². The molecule has 0 aliphatic carbocycles. The molecule has 0 aromatic heterocycles. The average Bonchev–Trinajstić information content (AvgIpc) is 2.85. The molecule has 1 heterocycles. The van der Waals surface area contributed by atoms with E-state index in [0.29, 0.717) is 11.4 Å². The first-order valence-electron chi connectivity index (χ1n) is 11.7. The number of carbonyl (C=O) groups excluding carboxylic acids is 1. The van der Waals surface area contributed by atoms with Crippen LogP contribution in [0.2, 0.25) is 0 Å². The lowest BCUT2D eigenvalue weighted by atomic mass is 9.91. The molecule has 4 atom stereocenters. The molecule has 9 heteroatoms. The Hall–Kier alpha value is -2.43. The van der Waals surface area contributed by atoms with Gasteiger partial charge in [0.1, 0.15) is 0 Å². The Morgan fingerprint density at radius 1 is 0.971 bits per heavy atom. The lowest BCUT2D eigenvalue weighted by Crippen LogP contribution is -2.38. The number of thioether (sulfide) groups is 1. The number of carboxylic acids is 1. The molecule has 0 bridgehead atoms. The van der Waals surface area contributed by atoms with E-state index >= 15 is 0 Å². The molecule has 0 spiro atoms. The fourth-order valence-electron chi connectivity index (χ4n) is 3.92. The van der Waals surface area contributed by atoms with Crippen LogP contribution >= 0.6 is 11.8 Å². The molecule has 3 rings (SSSR count). The van der Waals surface area contributed by atoms with E-state index in [2.05, 4.69) is 12.2 Å². The van der Waals surface area contributed by atoms with Crippen molar-refractivity contribution in [3.05, 3.63) is 65.2 Å². The normalized spacial score (nSPS) is 22.0. The number of benzene rings is 2. The highest BCUT2D eigenvalue weighted by Crippen LogP contribution is 2.42. The van der Waals surface area contributed by atoms with E-state index in [1.165, 1.54) is 0 Å². The third-order valence-corrected chi connectivity index (χ3v) is 6.94. The molecule has 2 aromatic carbocycles. The topological polar surface area (TPSA) is 125 Å². The maximum Gasteiger partial charge on any atom is 0.303 e. The zero-order chi connectivity index (χ0) is 25.2. The van der Waals surface area contributed by atoms with Gasteiger partial charge in [0, 0.05) is 41.5 Å². The Balaban J connectivity index is 1.71. The van der Waals surface area contributed by atoms with Crippen LogP contribution in [0.1, 0.15) is 55.3 Å². The summed E-state index contributed by atoms with van der Waals surface area (Å²) in [4.78, 5) is 22.6. The fourth-order valence-corrected chi connectivity index (χ4v) is 4.83. The molecular formula is C26H33NO7S. The van der Waals surface area contributed by atoms with Gasteiger partial charge >= 0.3 is 5.97 Å². The summed E-state index contributed by atoms with van der Waals surface area (Å²) in [5.74, 6) is 0.276. The minimum Gasteiger partial charge on any atom is -0.481 e. The van der Waals surface area contributed by atoms with E-state index in [9.17, 15) is 14.7 Å². The summed E-state index contributed by atoms with van der Waals surface area (Å²) in [5, 5.41) is 30.0. The number of ether oxygens (including phenoxy) is 2. The van der Waals surface area contributed by atoms with Gasteiger partial charge in [-0.05, 0) is 29.7 Å². The number of carboxylic acid groups (broad SMARTS) is 1. The maximum atomic E-state index is 12.0. The zero-order valence-electron chi connectivity index (χ0n) is 19.8. The van der Waals surface area contributed by atoms with Crippen LogP contribution in [-0.2, 0) is 25.7 Å². The quantitative estimate of drug-likeness (QED) is 0.322. The summed E-state index contributed by atoms with van der Waals surface area (Å²) in [5.41, 5.74) is 3.27. The number of carbonyl (C=O) groups is 2. The molecular weight excluding hydrogens is 470 g/mol. The van der Waals surface area contributed by atoms with Crippen LogP contribution in [0.3, 0.4) is 0 Å². The van der Waals surface area contributed by atoms with Crippen molar-refractivity contribution in [1.29, 1.82) is 0 Å². The molecule has 1 aliphatic heterocycles. The van der Waals surface area contributed by atoms with Crippen molar-refractivity contribution in [2.75, 3.05) is 23.4 Å². The van der Waals surface area contributed by atoms with Gasteiger partial charge < -0.3 is 30.1 Å². The van der Waals surface area contributed by atoms with Crippen LogP contribution in [0.15, 0.2) is 48.5 Å². The summed E-state index contributed by atoms with van der Waals surface area (Å²) >= 11 is 1.63. The smallest absolute Gasteiger partial charge is 0.303 e. The van der Waals surface area contributed by atoms with E-state index in [1.807, 2.05) is 36.4 Å². The van der Waals surface area contributed by atoms with Crippen LogP contribution in [0, 0.1) is 5.92 Å². The van der Waals surface area contributed by atoms with E-state index in [1.54, 1.807) is 23.9 Å². The van der Waals surface area contributed by atoms with E-state index in [-0.39, 0.29) is 56.5 Å². The molecule has 1 aliphatic rings. The van der Waals surface area contributed by atoms with E-state index in [4.69, 9.17) is 19.7 Å². The van der Waals surface area contributed by atoms with Gasteiger partial charge in [-0.25, -0.2) is 0 Å². The second-order valence-corrected chi connectivity index (χ2v) is 9.69. The van der Waals surface area contributed by atoms with Gasteiger partial charge in [0.25, 0.3) is 0 Å². The van der Waals surface area contributed by atoms with Gasteiger partial charge in [-0.2, -0.15) is 11.8 Å². The zero-order valence-corrected chi connectivity index (χ0v) is 20.6. The molecule has 190 valence electrons.